The second-order valence-corrected chi connectivity index (χ2v) is 7.81. The number of aryl methyl sites for hydroxylation is 2. The summed E-state index contributed by atoms with van der Waals surface area (Å²) in [5.41, 5.74) is 4.12. The van der Waals surface area contributed by atoms with Gasteiger partial charge < -0.3 is 15.0 Å². The van der Waals surface area contributed by atoms with Gasteiger partial charge in [-0.15, -0.1) is 0 Å². The summed E-state index contributed by atoms with van der Waals surface area (Å²) in [5.74, 6) is 0.884. The van der Waals surface area contributed by atoms with Crippen molar-refractivity contribution in [3.63, 3.8) is 0 Å². The highest BCUT2D eigenvalue weighted by Crippen LogP contribution is 2.34. The van der Waals surface area contributed by atoms with Crippen molar-refractivity contribution < 1.29 is 9.53 Å². The molecule has 134 valence electrons. The Hall–Kier alpha value is -2.60. The first-order valence-electron chi connectivity index (χ1n) is 8.60. The van der Waals surface area contributed by atoms with Crippen molar-refractivity contribution >= 4 is 38.3 Å². The number of amides is 1. The number of nitrogens with zero attached hydrogens (tertiary/aromatic N) is 2. The number of thiazole rings is 1. The summed E-state index contributed by atoms with van der Waals surface area (Å²) in [7, 11) is 1.66. The molecule has 3 aromatic rings. The Balaban J connectivity index is 1.41. The number of hydrogen-bond acceptors (Lipinski definition) is 5. The topological polar surface area (TPSA) is 54.5 Å². The predicted octanol–water partition coefficient (Wildman–Crippen LogP) is 4.00. The lowest BCUT2D eigenvalue weighted by molar-refractivity contribution is -0.120. The van der Waals surface area contributed by atoms with Crippen LogP contribution < -0.4 is 15.0 Å². The van der Waals surface area contributed by atoms with Gasteiger partial charge in [-0.05, 0) is 49.2 Å². The largest absolute Gasteiger partial charge is 0.497 e. The number of nitrogens with one attached hydrogen (secondary N) is 1. The van der Waals surface area contributed by atoms with Gasteiger partial charge in [0.05, 0.1) is 23.2 Å². The van der Waals surface area contributed by atoms with Gasteiger partial charge in [0.15, 0.2) is 5.13 Å². The molecule has 0 aliphatic carbocycles. The fourth-order valence-corrected chi connectivity index (χ4v) is 4.21. The summed E-state index contributed by atoms with van der Waals surface area (Å²) >= 11 is 1.65. The van der Waals surface area contributed by atoms with Gasteiger partial charge in [-0.25, -0.2) is 4.98 Å². The van der Waals surface area contributed by atoms with Crippen LogP contribution in [0.2, 0.25) is 0 Å². The Kier molecular flexibility index (Phi) is 4.28. The third-order valence-corrected chi connectivity index (χ3v) is 5.69. The maximum Gasteiger partial charge on any atom is 0.231 e. The molecule has 1 saturated heterocycles. The minimum atomic E-state index is -0.00244. The second-order valence-electron chi connectivity index (χ2n) is 6.80. The van der Waals surface area contributed by atoms with E-state index in [-0.39, 0.29) is 11.8 Å². The zero-order valence-corrected chi connectivity index (χ0v) is 15.9. The zero-order valence-electron chi connectivity index (χ0n) is 15.1. The molecule has 1 amide bonds. The molecular formula is C20H21N3O2S. The molecule has 0 bridgehead atoms. The summed E-state index contributed by atoms with van der Waals surface area (Å²) in [4.78, 5) is 19.3. The van der Waals surface area contributed by atoms with Crippen molar-refractivity contribution in [2.45, 2.75) is 13.8 Å². The summed E-state index contributed by atoms with van der Waals surface area (Å²) in [5, 5.41) is 4.00. The Labute approximate surface area is 156 Å². The molecule has 0 spiro atoms. The lowest BCUT2D eigenvalue weighted by atomic mass is 10.00. The number of rotatable bonds is 4. The van der Waals surface area contributed by atoms with Crippen LogP contribution in [0.4, 0.5) is 10.8 Å². The number of hydrogen-bond donors (Lipinski definition) is 1. The molecule has 1 N–H and O–H groups in total. The molecule has 5 nitrogen and oxygen atoms in total. The molecule has 1 aromatic heterocycles. The van der Waals surface area contributed by atoms with Gasteiger partial charge in [-0.2, -0.15) is 0 Å². The van der Waals surface area contributed by atoms with Crippen LogP contribution in [0.25, 0.3) is 10.2 Å². The van der Waals surface area contributed by atoms with E-state index in [1.54, 1.807) is 18.4 Å². The highest BCUT2D eigenvalue weighted by atomic mass is 32.1. The molecule has 2 heterocycles. The van der Waals surface area contributed by atoms with Gasteiger partial charge in [-0.3, -0.25) is 4.79 Å². The number of benzene rings is 2. The second kappa shape index (κ2) is 6.61. The molecule has 1 aliphatic rings. The third kappa shape index (κ3) is 3.24. The van der Waals surface area contributed by atoms with Gasteiger partial charge in [0.2, 0.25) is 5.91 Å². The first-order chi connectivity index (χ1) is 12.5. The molecule has 2 aromatic carbocycles. The maximum absolute atomic E-state index is 12.5. The van der Waals surface area contributed by atoms with Crippen LogP contribution >= 0.6 is 11.3 Å². The van der Waals surface area contributed by atoms with E-state index in [9.17, 15) is 4.79 Å². The first-order valence-corrected chi connectivity index (χ1v) is 9.42. The van der Waals surface area contributed by atoms with E-state index in [0.717, 1.165) is 37.9 Å². The summed E-state index contributed by atoms with van der Waals surface area (Å²) in [6.07, 6.45) is 0. The van der Waals surface area contributed by atoms with Gasteiger partial charge in [0.1, 0.15) is 5.75 Å². The fraction of sp³-hybridized carbons (Fsp3) is 0.300. The van der Waals surface area contributed by atoms with E-state index in [2.05, 4.69) is 21.3 Å². The lowest BCUT2D eigenvalue weighted by Crippen LogP contribution is -2.52. The number of anilines is 2. The normalized spacial score (nSPS) is 14.3. The fourth-order valence-electron chi connectivity index (χ4n) is 3.25. The van der Waals surface area contributed by atoms with Crippen LogP contribution in [-0.2, 0) is 4.79 Å². The summed E-state index contributed by atoms with van der Waals surface area (Å²) < 4.78 is 6.38. The molecule has 4 rings (SSSR count). The van der Waals surface area contributed by atoms with Gasteiger partial charge in [0, 0.05) is 24.8 Å². The Bertz CT molecular complexity index is 956. The van der Waals surface area contributed by atoms with E-state index < -0.39 is 0 Å². The van der Waals surface area contributed by atoms with Crippen molar-refractivity contribution in [2.24, 2.45) is 5.92 Å². The van der Waals surface area contributed by atoms with Crippen LogP contribution in [0.5, 0.6) is 5.75 Å². The summed E-state index contributed by atoms with van der Waals surface area (Å²) in [6, 6.07) is 12.0. The standard InChI is InChI=1S/C20H21N3O2S/c1-12-6-13(2)8-15(7-12)21-19(24)14-10-23(11-14)20-22-17-9-16(25-3)4-5-18(17)26-20/h4-9,14H,10-11H2,1-3H3,(H,21,24). The number of methoxy groups -OCH3 is 1. The van der Waals surface area contributed by atoms with E-state index in [1.807, 2.05) is 44.2 Å². The number of ether oxygens (including phenoxy) is 1. The monoisotopic (exact) mass is 367 g/mol. The minimum absolute atomic E-state index is 0.00244. The number of fused-ring (bicyclic) bond motifs is 1. The molecule has 26 heavy (non-hydrogen) atoms. The quantitative estimate of drug-likeness (QED) is 0.757. The molecule has 0 radical (unpaired) electrons. The van der Waals surface area contributed by atoms with E-state index in [0.29, 0.717) is 13.1 Å². The molecule has 1 aliphatic heterocycles. The highest BCUT2D eigenvalue weighted by Gasteiger charge is 2.34. The van der Waals surface area contributed by atoms with Gasteiger partial charge >= 0.3 is 0 Å². The zero-order chi connectivity index (χ0) is 18.3. The van der Waals surface area contributed by atoms with Gasteiger partial charge in [0.25, 0.3) is 0 Å². The van der Waals surface area contributed by atoms with Gasteiger partial charge in [-0.1, -0.05) is 17.4 Å². The highest BCUT2D eigenvalue weighted by molar-refractivity contribution is 7.22. The third-order valence-electron chi connectivity index (χ3n) is 4.60. The molecule has 0 unspecified atom stereocenters. The number of aromatic nitrogens is 1. The van der Waals surface area contributed by atoms with E-state index in [4.69, 9.17) is 4.74 Å². The number of carbonyl (C=O) groups excluding carboxylic acids is 1. The Morgan fingerprint density at radius 3 is 2.62 bits per heavy atom. The first kappa shape index (κ1) is 16.8. The smallest absolute Gasteiger partial charge is 0.231 e. The van der Waals surface area contributed by atoms with Crippen molar-refractivity contribution in [2.75, 3.05) is 30.4 Å². The van der Waals surface area contributed by atoms with Crippen LogP contribution in [-0.4, -0.2) is 31.1 Å². The Morgan fingerprint density at radius 1 is 1.19 bits per heavy atom. The van der Waals surface area contributed by atoms with Crippen LogP contribution in [0.15, 0.2) is 36.4 Å². The molecule has 1 fully saturated rings. The van der Waals surface area contributed by atoms with Crippen LogP contribution in [0.1, 0.15) is 11.1 Å². The minimum Gasteiger partial charge on any atom is -0.497 e. The molecular weight excluding hydrogens is 346 g/mol. The van der Waals surface area contributed by atoms with Crippen molar-refractivity contribution in [1.29, 1.82) is 0 Å². The average molecular weight is 367 g/mol. The van der Waals surface area contributed by atoms with Crippen LogP contribution in [0.3, 0.4) is 0 Å². The predicted molar refractivity (Wildman–Crippen MR) is 106 cm³/mol. The maximum atomic E-state index is 12.5. The van der Waals surface area contributed by atoms with E-state index in [1.165, 1.54) is 0 Å². The average Bonchev–Trinajstić information content (AvgIpc) is 2.94. The number of carbonyl (C=O) groups is 1. The molecule has 0 atom stereocenters. The molecule has 0 saturated carbocycles. The van der Waals surface area contributed by atoms with Crippen LogP contribution in [0, 0.1) is 19.8 Å². The van der Waals surface area contributed by atoms with Crippen molar-refractivity contribution in [1.82, 2.24) is 4.98 Å². The van der Waals surface area contributed by atoms with Crippen molar-refractivity contribution in [3.05, 3.63) is 47.5 Å². The Morgan fingerprint density at radius 2 is 1.92 bits per heavy atom. The molecule has 6 heteroatoms. The van der Waals surface area contributed by atoms with Crippen molar-refractivity contribution in [3.8, 4) is 5.75 Å². The summed E-state index contributed by atoms with van der Waals surface area (Å²) in [6.45, 7) is 5.48. The van der Waals surface area contributed by atoms with E-state index >= 15 is 0 Å². The lowest BCUT2D eigenvalue weighted by Gasteiger charge is -2.37. The SMILES string of the molecule is COc1ccc2sc(N3CC(C(=O)Nc4cc(C)cc(C)c4)C3)nc2c1.